The van der Waals surface area contributed by atoms with Gasteiger partial charge in [-0.05, 0) is 24.6 Å². The number of aliphatic hydroxyl groups is 1. The summed E-state index contributed by atoms with van der Waals surface area (Å²) in [6.07, 6.45) is -1.07. The molecule has 0 aliphatic carbocycles. The molecule has 1 heterocycles. The normalized spacial score (nSPS) is 20.0. The molecular weight excluding hydrogens is 323 g/mol. The first kappa shape index (κ1) is 17.1. The smallest absolute Gasteiger partial charge is 0.345 e. The largest absolute Gasteiger partial charge is 0.392 e. The van der Waals surface area contributed by atoms with E-state index in [1.54, 1.807) is 6.92 Å². The minimum atomic E-state index is -2.95. The molecule has 1 aromatic carbocycles. The van der Waals surface area contributed by atoms with Crippen molar-refractivity contribution in [2.75, 3.05) is 6.54 Å². The van der Waals surface area contributed by atoms with Crippen molar-refractivity contribution in [3.05, 3.63) is 34.1 Å². The number of rotatable bonds is 5. The molecule has 1 unspecified atom stereocenters. The molecule has 0 aromatic heterocycles. The van der Waals surface area contributed by atoms with E-state index >= 15 is 0 Å². The predicted molar refractivity (Wildman–Crippen MR) is 73.0 cm³/mol. The van der Waals surface area contributed by atoms with Crippen molar-refractivity contribution < 1.29 is 27.8 Å². The van der Waals surface area contributed by atoms with E-state index in [1.165, 1.54) is 11.0 Å². The monoisotopic (exact) mass is 337 g/mol. The van der Waals surface area contributed by atoms with Gasteiger partial charge < -0.3 is 14.7 Å². The summed E-state index contributed by atoms with van der Waals surface area (Å²) in [5.74, 6) is -0.974. The number of hydrogen-bond donors (Lipinski definition) is 1. The van der Waals surface area contributed by atoms with Gasteiger partial charge in [0, 0.05) is 17.1 Å². The summed E-state index contributed by atoms with van der Waals surface area (Å²) in [5, 5.41) is 9.44. The molecule has 0 bridgehead atoms. The maximum absolute atomic E-state index is 13.5. The SMILES string of the molecule is CC(c1cc(F)cc(Cl)c1CO)N1C[C@@H](OC(F)F)CC1=O. The average Bonchev–Trinajstić information content (AvgIpc) is 2.77. The van der Waals surface area contributed by atoms with E-state index in [9.17, 15) is 23.1 Å². The van der Waals surface area contributed by atoms with Crippen LogP contribution in [-0.4, -0.2) is 35.2 Å². The molecule has 4 nitrogen and oxygen atoms in total. The van der Waals surface area contributed by atoms with Crippen molar-refractivity contribution >= 4 is 17.5 Å². The van der Waals surface area contributed by atoms with Crippen molar-refractivity contribution in [2.24, 2.45) is 0 Å². The Hall–Kier alpha value is -1.31. The van der Waals surface area contributed by atoms with Crippen molar-refractivity contribution in [1.29, 1.82) is 0 Å². The van der Waals surface area contributed by atoms with Crippen molar-refractivity contribution in [3.63, 3.8) is 0 Å². The van der Waals surface area contributed by atoms with Crippen LogP contribution in [-0.2, 0) is 16.1 Å². The van der Waals surface area contributed by atoms with E-state index in [0.717, 1.165) is 6.07 Å². The Morgan fingerprint density at radius 3 is 2.77 bits per heavy atom. The number of amides is 1. The minimum absolute atomic E-state index is 0.0245. The molecule has 2 rings (SSSR count). The van der Waals surface area contributed by atoms with Crippen LogP contribution in [0.2, 0.25) is 5.02 Å². The Kier molecular flexibility index (Phi) is 5.31. The number of likely N-dealkylation sites (tertiary alicyclic amines) is 1. The van der Waals surface area contributed by atoms with Crippen LogP contribution in [0.5, 0.6) is 0 Å². The van der Waals surface area contributed by atoms with Crippen molar-refractivity contribution in [2.45, 2.75) is 38.7 Å². The zero-order chi connectivity index (χ0) is 16.4. The Bertz CT molecular complexity index is 571. The van der Waals surface area contributed by atoms with Gasteiger partial charge in [-0.15, -0.1) is 0 Å². The number of benzene rings is 1. The first-order chi connectivity index (χ1) is 10.3. The summed E-state index contributed by atoms with van der Waals surface area (Å²) in [6, 6.07) is 1.63. The molecule has 1 amide bonds. The summed E-state index contributed by atoms with van der Waals surface area (Å²) < 4.78 is 42.4. The van der Waals surface area contributed by atoms with Crippen LogP contribution in [0.25, 0.3) is 0 Å². The van der Waals surface area contributed by atoms with Gasteiger partial charge in [-0.3, -0.25) is 4.79 Å². The van der Waals surface area contributed by atoms with Gasteiger partial charge in [0.05, 0.1) is 25.2 Å². The molecule has 2 atom stereocenters. The van der Waals surface area contributed by atoms with E-state index in [0.29, 0.717) is 11.1 Å². The summed E-state index contributed by atoms with van der Waals surface area (Å²) in [6.45, 7) is -1.78. The van der Waals surface area contributed by atoms with E-state index in [4.69, 9.17) is 11.6 Å². The summed E-state index contributed by atoms with van der Waals surface area (Å²) in [7, 11) is 0. The van der Waals surface area contributed by atoms with E-state index in [-0.39, 0.29) is 23.9 Å². The summed E-state index contributed by atoms with van der Waals surface area (Å²) in [4.78, 5) is 13.3. The summed E-state index contributed by atoms with van der Waals surface area (Å²) in [5.41, 5.74) is 0.653. The molecule has 22 heavy (non-hydrogen) atoms. The topological polar surface area (TPSA) is 49.8 Å². The fraction of sp³-hybridized carbons (Fsp3) is 0.500. The van der Waals surface area contributed by atoms with Gasteiger partial charge in [0.2, 0.25) is 5.91 Å². The van der Waals surface area contributed by atoms with Gasteiger partial charge in [-0.1, -0.05) is 11.6 Å². The van der Waals surface area contributed by atoms with Crippen LogP contribution in [0.15, 0.2) is 12.1 Å². The molecular formula is C14H15ClF3NO3. The molecule has 1 aliphatic heterocycles. The standard InChI is InChI=1S/C14H15ClF3NO3/c1-7(10-2-8(16)3-12(15)11(10)6-20)19-5-9(4-13(19)21)22-14(17)18/h2-3,7,9,14,20H,4-6H2,1H3/t7?,9-/m0/s1. The zero-order valence-corrected chi connectivity index (χ0v) is 12.5. The third kappa shape index (κ3) is 3.53. The first-order valence-corrected chi connectivity index (χ1v) is 7.03. The van der Waals surface area contributed by atoms with Gasteiger partial charge in [0.1, 0.15) is 5.82 Å². The molecule has 8 heteroatoms. The molecule has 1 aliphatic rings. The second-order valence-electron chi connectivity index (χ2n) is 5.06. The number of carbonyl (C=O) groups is 1. The van der Waals surface area contributed by atoms with Crippen LogP contribution < -0.4 is 0 Å². The number of ether oxygens (including phenoxy) is 1. The van der Waals surface area contributed by atoms with Crippen LogP contribution in [0, 0.1) is 5.82 Å². The molecule has 1 aromatic rings. The molecule has 0 saturated carbocycles. The fourth-order valence-corrected chi connectivity index (χ4v) is 2.91. The second kappa shape index (κ2) is 6.85. The number of aliphatic hydroxyl groups excluding tert-OH is 1. The molecule has 1 fully saturated rings. The lowest BCUT2D eigenvalue weighted by atomic mass is 10.0. The van der Waals surface area contributed by atoms with Crippen LogP contribution in [0.3, 0.4) is 0 Å². The number of carbonyl (C=O) groups excluding carboxylic acids is 1. The number of nitrogens with zero attached hydrogens (tertiary/aromatic N) is 1. The van der Waals surface area contributed by atoms with Crippen molar-refractivity contribution in [3.8, 4) is 0 Å². The molecule has 1 saturated heterocycles. The number of alkyl halides is 2. The van der Waals surface area contributed by atoms with Crippen LogP contribution >= 0.6 is 11.6 Å². The second-order valence-corrected chi connectivity index (χ2v) is 5.47. The van der Waals surface area contributed by atoms with Gasteiger partial charge >= 0.3 is 6.61 Å². The zero-order valence-electron chi connectivity index (χ0n) is 11.7. The Morgan fingerprint density at radius 1 is 1.50 bits per heavy atom. The quantitative estimate of drug-likeness (QED) is 0.899. The van der Waals surface area contributed by atoms with Gasteiger partial charge in [-0.2, -0.15) is 8.78 Å². The molecule has 122 valence electrons. The maximum atomic E-state index is 13.5. The highest BCUT2D eigenvalue weighted by Gasteiger charge is 2.36. The van der Waals surface area contributed by atoms with E-state index in [1.807, 2.05) is 0 Å². The fourth-order valence-electron chi connectivity index (χ4n) is 2.64. The summed E-state index contributed by atoms with van der Waals surface area (Å²) >= 11 is 5.89. The molecule has 0 spiro atoms. The molecule has 1 N–H and O–H groups in total. The Labute approximate surface area is 130 Å². The Morgan fingerprint density at radius 2 is 2.18 bits per heavy atom. The minimum Gasteiger partial charge on any atom is -0.392 e. The lowest BCUT2D eigenvalue weighted by molar-refractivity contribution is -0.159. The van der Waals surface area contributed by atoms with E-state index < -0.39 is 31.2 Å². The van der Waals surface area contributed by atoms with Crippen LogP contribution in [0.4, 0.5) is 13.2 Å². The third-order valence-corrected chi connectivity index (χ3v) is 4.03. The first-order valence-electron chi connectivity index (χ1n) is 6.65. The lowest BCUT2D eigenvalue weighted by Crippen LogP contribution is -2.30. The highest BCUT2D eigenvalue weighted by Crippen LogP contribution is 2.33. The van der Waals surface area contributed by atoms with Gasteiger partial charge in [0.15, 0.2) is 0 Å². The van der Waals surface area contributed by atoms with Crippen molar-refractivity contribution in [1.82, 2.24) is 4.90 Å². The maximum Gasteiger partial charge on any atom is 0.345 e. The highest BCUT2D eigenvalue weighted by atomic mass is 35.5. The highest BCUT2D eigenvalue weighted by molar-refractivity contribution is 6.31. The average molecular weight is 338 g/mol. The lowest BCUT2D eigenvalue weighted by Gasteiger charge is -2.27. The molecule has 0 radical (unpaired) electrons. The van der Waals surface area contributed by atoms with Gasteiger partial charge in [0.25, 0.3) is 0 Å². The Balaban J connectivity index is 2.25. The predicted octanol–water partition coefficient (Wildman–Crippen LogP) is 2.87. The van der Waals surface area contributed by atoms with Crippen LogP contribution in [0.1, 0.15) is 30.5 Å². The third-order valence-electron chi connectivity index (χ3n) is 3.69. The van der Waals surface area contributed by atoms with E-state index in [2.05, 4.69) is 4.74 Å². The number of halogens is 4. The number of hydrogen-bond acceptors (Lipinski definition) is 3. The van der Waals surface area contributed by atoms with Gasteiger partial charge in [-0.25, -0.2) is 4.39 Å².